The Morgan fingerprint density at radius 1 is 1.46 bits per heavy atom. The molecule has 2 saturated heterocycles. The second-order valence-corrected chi connectivity index (χ2v) is 8.91. The fourth-order valence-electron chi connectivity index (χ4n) is 4.36. The summed E-state index contributed by atoms with van der Waals surface area (Å²) in [5.74, 6) is -1.91. The molecular weight excluding hydrogens is 378 g/mol. The van der Waals surface area contributed by atoms with Crippen molar-refractivity contribution in [3.8, 4) is 0 Å². The second kappa shape index (κ2) is 8.06. The number of carbonyl (C=O) groups excluding carboxylic acids is 1. The van der Waals surface area contributed by atoms with E-state index in [2.05, 4.69) is 5.32 Å². The average molecular weight is 406 g/mol. The van der Waals surface area contributed by atoms with Crippen LogP contribution in [0.15, 0.2) is 10.6 Å². The topological polar surface area (TPSA) is 116 Å². The third-order valence-electron chi connectivity index (χ3n) is 5.44. The van der Waals surface area contributed by atoms with Crippen molar-refractivity contribution >= 4 is 36.0 Å². The van der Waals surface area contributed by atoms with Crippen molar-refractivity contribution in [1.82, 2.24) is 10.2 Å². The lowest BCUT2D eigenvalue weighted by Gasteiger charge is -2.46. The summed E-state index contributed by atoms with van der Waals surface area (Å²) in [4.78, 5) is 26.3. The number of β-lactam (4-membered cyclic amide) rings is 1. The SMILES string of the molecule is CC(N)C[C@@H]1C[C@H](SC2=C(C(=O)O)N3C(=O)[C@H]([C@@H](C)O)[C@H]3[C@H]2C)CN1.Cl. The van der Waals surface area contributed by atoms with Gasteiger partial charge in [-0.2, -0.15) is 0 Å². The van der Waals surface area contributed by atoms with E-state index in [-0.39, 0.29) is 47.3 Å². The number of hydrogen-bond donors (Lipinski definition) is 4. The molecule has 3 aliphatic heterocycles. The molecule has 7 nitrogen and oxygen atoms in total. The minimum absolute atomic E-state index is 0. The molecule has 0 aromatic carbocycles. The number of carboxylic acids is 1. The van der Waals surface area contributed by atoms with Crippen LogP contribution in [0.2, 0.25) is 0 Å². The maximum Gasteiger partial charge on any atom is 0.353 e. The molecule has 0 aromatic rings. The number of nitrogens with zero attached hydrogens (tertiary/aromatic N) is 1. The van der Waals surface area contributed by atoms with E-state index in [1.165, 1.54) is 4.90 Å². The molecule has 148 valence electrons. The van der Waals surface area contributed by atoms with Gasteiger partial charge in [0.15, 0.2) is 0 Å². The molecule has 3 rings (SSSR count). The van der Waals surface area contributed by atoms with Crippen LogP contribution in [-0.4, -0.2) is 63.0 Å². The van der Waals surface area contributed by atoms with Gasteiger partial charge in [0.25, 0.3) is 0 Å². The van der Waals surface area contributed by atoms with Gasteiger partial charge in [-0.3, -0.25) is 4.79 Å². The Balaban J connectivity index is 0.00000243. The standard InChI is InChI=1S/C17H27N3O4S.ClH/c1-7(18)4-10-5-11(6-19-10)25-15-8(2)13-12(9(3)21)16(22)20(13)14(15)17(23)24;/h7-13,19,21H,4-6,18H2,1-3H3,(H,23,24);1H/t7?,8-,9-,10-,11+,12-,13-;/m1./s1. The molecule has 0 radical (unpaired) electrons. The van der Waals surface area contributed by atoms with E-state index < -0.39 is 18.0 Å². The number of carboxylic acid groups (broad SMARTS) is 1. The van der Waals surface area contributed by atoms with E-state index in [9.17, 15) is 19.8 Å². The van der Waals surface area contributed by atoms with Crippen LogP contribution >= 0.6 is 24.2 Å². The van der Waals surface area contributed by atoms with Crippen molar-refractivity contribution in [3.05, 3.63) is 10.6 Å². The average Bonchev–Trinajstić information content (AvgIpc) is 3.01. The normalized spacial score (nSPS) is 35.7. The van der Waals surface area contributed by atoms with Crippen LogP contribution in [0, 0.1) is 11.8 Å². The molecule has 7 atom stereocenters. The van der Waals surface area contributed by atoms with Gasteiger partial charge in [0.1, 0.15) is 5.70 Å². The fourth-order valence-corrected chi connectivity index (χ4v) is 5.88. The Kier molecular flexibility index (Phi) is 6.66. The first kappa shape index (κ1) is 21.5. The van der Waals surface area contributed by atoms with Crippen LogP contribution in [0.25, 0.3) is 0 Å². The number of hydrogen-bond acceptors (Lipinski definition) is 6. The number of amides is 1. The molecule has 5 N–H and O–H groups in total. The number of nitrogens with two attached hydrogens (primary N) is 1. The zero-order chi connectivity index (χ0) is 18.5. The lowest BCUT2D eigenvalue weighted by Crippen LogP contribution is -2.63. The summed E-state index contributed by atoms with van der Waals surface area (Å²) >= 11 is 1.57. The summed E-state index contributed by atoms with van der Waals surface area (Å²) in [5, 5.41) is 23.3. The van der Waals surface area contributed by atoms with Gasteiger partial charge in [-0.05, 0) is 26.7 Å². The van der Waals surface area contributed by atoms with E-state index in [0.717, 1.165) is 24.3 Å². The van der Waals surface area contributed by atoms with Crippen LogP contribution in [0.5, 0.6) is 0 Å². The Labute approximate surface area is 164 Å². The predicted octanol–water partition coefficient (Wildman–Crippen LogP) is 0.763. The highest BCUT2D eigenvalue weighted by Crippen LogP contribution is 2.51. The maximum atomic E-state index is 12.3. The van der Waals surface area contributed by atoms with Crippen molar-refractivity contribution in [3.63, 3.8) is 0 Å². The number of aliphatic hydroxyl groups is 1. The summed E-state index contributed by atoms with van der Waals surface area (Å²) in [7, 11) is 0. The molecule has 0 spiro atoms. The van der Waals surface area contributed by atoms with Crippen molar-refractivity contribution in [1.29, 1.82) is 0 Å². The lowest BCUT2D eigenvalue weighted by molar-refractivity contribution is -0.163. The minimum atomic E-state index is -1.06. The summed E-state index contributed by atoms with van der Waals surface area (Å²) in [6, 6.07) is 0.245. The first-order chi connectivity index (χ1) is 11.7. The number of nitrogens with one attached hydrogen (secondary N) is 1. The number of thioether (sulfide) groups is 1. The lowest BCUT2D eigenvalue weighted by atomic mass is 9.79. The predicted molar refractivity (Wildman–Crippen MR) is 103 cm³/mol. The smallest absolute Gasteiger partial charge is 0.353 e. The fraction of sp³-hybridized carbons (Fsp3) is 0.765. The van der Waals surface area contributed by atoms with E-state index in [4.69, 9.17) is 5.73 Å². The van der Waals surface area contributed by atoms with Gasteiger partial charge in [-0.15, -0.1) is 24.2 Å². The van der Waals surface area contributed by atoms with Crippen molar-refractivity contribution < 1.29 is 19.8 Å². The maximum absolute atomic E-state index is 12.3. The van der Waals surface area contributed by atoms with Crippen LogP contribution < -0.4 is 11.1 Å². The van der Waals surface area contributed by atoms with Crippen molar-refractivity contribution in [2.24, 2.45) is 17.6 Å². The highest BCUT2D eigenvalue weighted by Gasteiger charge is 2.60. The Morgan fingerprint density at radius 3 is 2.65 bits per heavy atom. The van der Waals surface area contributed by atoms with Crippen molar-refractivity contribution in [2.45, 2.75) is 63.1 Å². The van der Waals surface area contributed by atoms with Gasteiger partial charge in [0.05, 0.1) is 18.1 Å². The molecule has 1 amide bonds. The van der Waals surface area contributed by atoms with Gasteiger partial charge in [0.2, 0.25) is 5.91 Å². The van der Waals surface area contributed by atoms with E-state index >= 15 is 0 Å². The summed E-state index contributed by atoms with van der Waals surface area (Å²) < 4.78 is 0. The van der Waals surface area contributed by atoms with Gasteiger partial charge in [0, 0.05) is 34.7 Å². The summed E-state index contributed by atoms with van der Waals surface area (Å²) in [6.45, 7) is 6.35. The largest absolute Gasteiger partial charge is 0.477 e. The molecule has 0 aromatic heterocycles. The zero-order valence-electron chi connectivity index (χ0n) is 15.2. The Hall–Kier alpha value is -0.800. The Bertz CT molecular complexity index is 613. The van der Waals surface area contributed by atoms with E-state index in [1.807, 2.05) is 13.8 Å². The third-order valence-corrected chi connectivity index (χ3v) is 6.95. The molecule has 3 heterocycles. The highest BCUT2D eigenvalue weighted by atomic mass is 35.5. The monoisotopic (exact) mass is 405 g/mol. The van der Waals surface area contributed by atoms with Gasteiger partial charge >= 0.3 is 5.97 Å². The first-order valence-corrected chi connectivity index (χ1v) is 9.74. The number of fused-ring (bicyclic) bond motifs is 1. The molecule has 26 heavy (non-hydrogen) atoms. The highest BCUT2D eigenvalue weighted by molar-refractivity contribution is 8.03. The van der Waals surface area contributed by atoms with Gasteiger partial charge < -0.3 is 26.2 Å². The van der Waals surface area contributed by atoms with Crippen LogP contribution in [0.3, 0.4) is 0 Å². The molecule has 3 aliphatic rings. The molecule has 1 unspecified atom stereocenters. The van der Waals surface area contributed by atoms with Crippen LogP contribution in [-0.2, 0) is 9.59 Å². The summed E-state index contributed by atoms with van der Waals surface area (Å²) in [5.41, 5.74) is 5.98. The molecule has 0 aliphatic carbocycles. The molecule has 2 fully saturated rings. The molecular formula is C17H28ClN3O4S. The van der Waals surface area contributed by atoms with E-state index in [0.29, 0.717) is 6.04 Å². The number of aliphatic carboxylic acids is 1. The molecule has 9 heteroatoms. The first-order valence-electron chi connectivity index (χ1n) is 8.86. The van der Waals surface area contributed by atoms with Crippen LogP contribution in [0.1, 0.15) is 33.6 Å². The van der Waals surface area contributed by atoms with Gasteiger partial charge in [-0.25, -0.2) is 4.79 Å². The quantitative estimate of drug-likeness (QED) is 0.482. The Morgan fingerprint density at radius 2 is 2.12 bits per heavy atom. The number of halogens is 1. The minimum Gasteiger partial charge on any atom is -0.477 e. The molecule has 0 saturated carbocycles. The number of carbonyl (C=O) groups is 2. The van der Waals surface area contributed by atoms with E-state index in [1.54, 1.807) is 18.7 Å². The number of rotatable bonds is 6. The zero-order valence-corrected chi connectivity index (χ0v) is 16.8. The van der Waals surface area contributed by atoms with Crippen LogP contribution in [0.4, 0.5) is 0 Å². The van der Waals surface area contributed by atoms with Gasteiger partial charge in [-0.1, -0.05) is 6.92 Å². The van der Waals surface area contributed by atoms with Crippen molar-refractivity contribution in [2.75, 3.05) is 6.54 Å². The number of aliphatic hydroxyl groups excluding tert-OH is 1. The summed E-state index contributed by atoms with van der Waals surface area (Å²) in [6.07, 6.45) is 1.07. The molecule has 0 bridgehead atoms. The second-order valence-electron chi connectivity index (χ2n) is 7.57. The third kappa shape index (κ3) is 3.62.